The molecule has 6 heteroatoms. The summed E-state index contributed by atoms with van der Waals surface area (Å²) in [5, 5.41) is 2.73. The van der Waals surface area contributed by atoms with Gasteiger partial charge in [-0.05, 0) is 51.9 Å². The first-order valence-electron chi connectivity index (χ1n) is 8.68. The van der Waals surface area contributed by atoms with Crippen LogP contribution in [0.2, 0.25) is 0 Å². The topological polar surface area (TPSA) is 65.8 Å². The van der Waals surface area contributed by atoms with Crippen molar-refractivity contribution in [1.29, 1.82) is 0 Å². The van der Waals surface area contributed by atoms with E-state index in [1.807, 2.05) is 4.90 Å². The van der Waals surface area contributed by atoms with E-state index in [0.717, 1.165) is 32.5 Å². The van der Waals surface area contributed by atoms with Gasteiger partial charge in [0.1, 0.15) is 5.76 Å². The van der Waals surface area contributed by atoms with Crippen molar-refractivity contribution in [1.82, 2.24) is 15.1 Å². The molecule has 1 aromatic heterocycles. The fraction of sp³-hybridized carbons (Fsp3) is 0.667. The van der Waals surface area contributed by atoms with Gasteiger partial charge in [-0.15, -0.1) is 0 Å². The van der Waals surface area contributed by atoms with E-state index >= 15 is 0 Å². The Balaban J connectivity index is 1.94. The standard InChI is InChI=1S/C18H29N3O3/c1-13(2)12-21(15-5-8-20(4)9-6-15)17(22)11-19-18(23)16-7-10-24-14(16)3/h7,10,13,15H,5-6,8-9,11-12H2,1-4H3,(H,19,23). The summed E-state index contributed by atoms with van der Waals surface area (Å²) in [5.41, 5.74) is 0.484. The van der Waals surface area contributed by atoms with E-state index in [1.165, 1.54) is 6.26 Å². The van der Waals surface area contributed by atoms with Crippen molar-refractivity contribution in [2.45, 2.75) is 39.7 Å². The van der Waals surface area contributed by atoms with Crippen LogP contribution in [0.4, 0.5) is 0 Å². The van der Waals surface area contributed by atoms with Gasteiger partial charge in [-0.1, -0.05) is 13.8 Å². The van der Waals surface area contributed by atoms with Crippen molar-refractivity contribution in [2.75, 3.05) is 33.2 Å². The third-order valence-corrected chi connectivity index (χ3v) is 4.51. The molecule has 1 saturated heterocycles. The molecule has 6 nitrogen and oxygen atoms in total. The summed E-state index contributed by atoms with van der Waals surface area (Å²) in [4.78, 5) is 29.1. The molecule has 1 aliphatic rings. The predicted molar refractivity (Wildman–Crippen MR) is 92.8 cm³/mol. The molecule has 1 aliphatic heterocycles. The quantitative estimate of drug-likeness (QED) is 0.862. The zero-order valence-corrected chi connectivity index (χ0v) is 15.2. The highest BCUT2D eigenvalue weighted by atomic mass is 16.3. The molecule has 2 rings (SSSR count). The van der Waals surface area contributed by atoms with Crippen molar-refractivity contribution in [3.05, 3.63) is 23.7 Å². The van der Waals surface area contributed by atoms with Crippen LogP contribution in [0.5, 0.6) is 0 Å². The van der Waals surface area contributed by atoms with E-state index in [1.54, 1.807) is 13.0 Å². The Labute approximate surface area is 144 Å². The smallest absolute Gasteiger partial charge is 0.255 e. The van der Waals surface area contributed by atoms with Crippen molar-refractivity contribution in [2.24, 2.45) is 5.92 Å². The maximum atomic E-state index is 12.7. The molecular weight excluding hydrogens is 306 g/mol. The first kappa shape index (κ1) is 18.5. The molecule has 0 saturated carbocycles. The average molecular weight is 335 g/mol. The van der Waals surface area contributed by atoms with Gasteiger partial charge < -0.3 is 19.5 Å². The third-order valence-electron chi connectivity index (χ3n) is 4.51. The summed E-state index contributed by atoms with van der Waals surface area (Å²) in [6.07, 6.45) is 3.46. The van der Waals surface area contributed by atoms with E-state index < -0.39 is 0 Å². The average Bonchev–Trinajstić information content (AvgIpc) is 2.97. The van der Waals surface area contributed by atoms with Gasteiger partial charge in [-0.3, -0.25) is 9.59 Å². The van der Waals surface area contributed by atoms with Crippen molar-refractivity contribution in [3.63, 3.8) is 0 Å². The van der Waals surface area contributed by atoms with E-state index in [9.17, 15) is 9.59 Å². The maximum absolute atomic E-state index is 12.7. The second-order valence-electron chi connectivity index (χ2n) is 7.05. The molecule has 1 N–H and O–H groups in total. The highest BCUT2D eigenvalue weighted by Crippen LogP contribution is 2.17. The minimum absolute atomic E-state index is 0.00671. The van der Waals surface area contributed by atoms with Crippen LogP contribution in [0.1, 0.15) is 42.8 Å². The fourth-order valence-electron chi connectivity index (χ4n) is 3.13. The predicted octanol–water partition coefficient (Wildman–Crippen LogP) is 1.90. The summed E-state index contributed by atoms with van der Waals surface area (Å²) < 4.78 is 5.14. The largest absolute Gasteiger partial charge is 0.469 e. The number of nitrogens with one attached hydrogen (secondary N) is 1. The van der Waals surface area contributed by atoms with Gasteiger partial charge in [0.15, 0.2) is 0 Å². The van der Waals surface area contributed by atoms with Gasteiger partial charge in [-0.2, -0.15) is 0 Å². The Morgan fingerprint density at radius 2 is 2.04 bits per heavy atom. The molecule has 134 valence electrons. The normalized spacial score (nSPS) is 16.4. The highest BCUT2D eigenvalue weighted by molar-refractivity contribution is 5.97. The minimum Gasteiger partial charge on any atom is -0.469 e. The number of rotatable bonds is 6. The second kappa shape index (κ2) is 8.33. The summed E-state index contributed by atoms with van der Waals surface area (Å²) in [7, 11) is 2.11. The molecule has 2 heterocycles. The Morgan fingerprint density at radius 1 is 1.38 bits per heavy atom. The van der Waals surface area contributed by atoms with Gasteiger partial charge in [0.2, 0.25) is 5.91 Å². The van der Waals surface area contributed by atoms with Gasteiger partial charge in [0.05, 0.1) is 18.4 Å². The van der Waals surface area contributed by atoms with Crippen LogP contribution in [0, 0.1) is 12.8 Å². The monoisotopic (exact) mass is 335 g/mol. The van der Waals surface area contributed by atoms with Crippen LogP contribution in [0.25, 0.3) is 0 Å². The molecule has 24 heavy (non-hydrogen) atoms. The number of nitrogens with zero attached hydrogens (tertiary/aromatic N) is 2. The van der Waals surface area contributed by atoms with Crippen LogP contribution < -0.4 is 5.32 Å². The van der Waals surface area contributed by atoms with Crippen molar-refractivity contribution >= 4 is 11.8 Å². The van der Waals surface area contributed by atoms with E-state index in [2.05, 4.69) is 31.1 Å². The zero-order chi connectivity index (χ0) is 17.7. The number of furan rings is 1. The van der Waals surface area contributed by atoms with Crippen LogP contribution in [0.15, 0.2) is 16.7 Å². The van der Waals surface area contributed by atoms with Crippen LogP contribution in [0.3, 0.4) is 0 Å². The number of carbonyl (C=O) groups excluding carboxylic acids is 2. The van der Waals surface area contributed by atoms with E-state index in [0.29, 0.717) is 17.2 Å². The molecule has 0 spiro atoms. The molecule has 0 atom stereocenters. The Morgan fingerprint density at radius 3 is 2.58 bits per heavy atom. The van der Waals surface area contributed by atoms with Gasteiger partial charge >= 0.3 is 0 Å². The second-order valence-corrected chi connectivity index (χ2v) is 7.05. The number of piperidine rings is 1. The first-order chi connectivity index (χ1) is 11.4. The Hall–Kier alpha value is -1.82. The molecule has 0 unspecified atom stereocenters. The van der Waals surface area contributed by atoms with Crippen LogP contribution >= 0.6 is 0 Å². The summed E-state index contributed by atoms with van der Waals surface area (Å²) in [5.74, 6) is 0.699. The third kappa shape index (κ3) is 4.84. The number of likely N-dealkylation sites (tertiary alicyclic amines) is 1. The van der Waals surface area contributed by atoms with Crippen molar-refractivity contribution in [3.8, 4) is 0 Å². The molecule has 2 amide bonds. The molecule has 1 aromatic rings. The lowest BCUT2D eigenvalue weighted by Gasteiger charge is -2.38. The molecule has 1 fully saturated rings. The van der Waals surface area contributed by atoms with Crippen LogP contribution in [-0.4, -0.2) is 60.9 Å². The lowest BCUT2D eigenvalue weighted by Crippen LogP contribution is -2.50. The maximum Gasteiger partial charge on any atom is 0.255 e. The summed E-state index contributed by atoms with van der Waals surface area (Å²) >= 11 is 0. The number of hydrogen-bond acceptors (Lipinski definition) is 4. The Bertz CT molecular complexity index is 560. The molecule has 0 aliphatic carbocycles. The molecule has 0 bridgehead atoms. The summed E-state index contributed by atoms with van der Waals surface area (Å²) in [6.45, 7) is 8.74. The van der Waals surface area contributed by atoms with Crippen molar-refractivity contribution < 1.29 is 14.0 Å². The number of hydrogen-bond donors (Lipinski definition) is 1. The highest BCUT2D eigenvalue weighted by Gasteiger charge is 2.27. The lowest BCUT2D eigenvalue weighted by molar-refractivity contribution is -0.134. The summed E-state index contributed by atoms with van der Waals surface area (Å²) in [6, 6.07) is 1.89. The zero-order valence-electron chi connectivity index (χ0n) is 15.2. The van der Waals surface area contributed by atoms with Gasteiger partial charge in [0.25, 0.3) is 5.91 Å². The fourth-order valence-corrected chi connectivity index (χ4v) is 3.13. The molecular formula is C18H29N3O3. The molecule has 0 aromatic carbocycles. The van der Waals surface area contributed by atoms with E-state index in [-0.39, 0.29) is 24.4 Å². The number of aryl methyl sites for hydroxylation is 1. The van der Waals surface area contributed by atoms with Gasteiger partial charge in [0, 0.05) is 12.6 Å². The SMILES string of the molecule is Cc1occc1C(=O)NCC(=O)N(CC(C)C)C1CCN(C)CC1. The minimum atomic E-state index is -0.262. The number of carbonyl (C=O) groups is 2. The number of amides is 2. The van der Waals surface area contributed by atoms with E-state index in [4.69, 9.17) is 4.42 Å². The van der Waals surface area contributed by atoms with Gasteiger partial charge in [-0.25, -0.2) is 0 Å². The Kier molecular flexibility index (Phi) is 6.43. The van der Waals surface area contributed by atoms with Crippen LogP contribution in [-0.2, 0) is 4.79 Å². The lowest BCUT2D eigenvalue weighted by atomic mass is 10.0. The first-order valence-corrected chi connectivity index (χ1v) is 8.68. The molecule has 0 radical (unpaired) electrons.